The summed E-state index contributed by atoms with van der Waals surface area (Å²) in [6, 6.07) is 16.9. The van der Waals surface area contributed by atoms with Crippen molar-refractivity contribution in [2.75, 3.05) is 10.8 Å². The Morgan fingerprint density at radius 1 is 1.07 bits per heavy atom. The first-order chi connectivity index (χ1) is 14.4. The summed E-state index contributed by atoms with van der Waals surface area (Å²) in [5.74, 6) is -0.560. The van der Waals surface area contributed by atoms with Crippen LogP contribution in [0.1, 0.15) is 16.7 Å². The second-order valence-corrected chi connectivity index (χ2v) is 8.49. The molecule has 1 N–H and O–H groups in total. The van der Waals surface area contributed by atoms with Gasteiger partial charge >= 0.3 is 0 Å². The minimum absolute atomic E-state index is 0.109. The molecule has 0 bridgehead atoms. The number of aryl methyl sites for hydroxylation is 1. The van der Waals surface area contributed by atoms with Crippen LogP contribution in [0.5, 0.6) is 0 Å². The van der Waals surface area contributed by atoms with Gasteiger partial charge in [-0.1, -0.05) is 36.4 Å². The van der Waals surface area contributed by atoms with Gasteiger partial charge < -0.3 is 0 Å². The molecule has 2 aromatic carbocycles. The van der Waals surface area contributed by atoms with E-state index < -0.39 is 22.5 Å². The van der Waals surface area contributed by atoms with Gasteiger partial charge in [0, 0.05) is 18.0 Å². The van der Waals surface area contributed by atoms with Crippen LogP contribution >= 0.6 is 0 Å². The van der Waals surface area contributed by atoms with Gasteiger partial charge in [-0.05, 0) is 49.2 Å². The van der Waals surface area contributed by atoms with Crippen molar-refractivity contribution in [3.8, 4) is 0 Å². The molecule has 30 heavy (non-hydrogen) atoms. The molecule has 0 aliphatic carbocycles. The number of hydrogen-bond donors (Lipinski definition) is 1. The molecule has 154 valence electrons. The number of anilines is 1. The lowest BCUT2D eigenvalue weighted by molar-refractivity contribution is -0.119. The van der Waals surface area contributed by atoms with Crippen LogP contribution < -0.4 is 9.73 Å². The first kappa shape index (κ1) is 21.2. The van der Waals surface area contributed by atoms with Gasteiger partial charge in [-0.15, -0.1) is 0 Å². The predicted molar refractivity (Wildman–Crippen MR) is 117 cm³/mol. The van der Waals surface area contributed by atoms with E-state index in [0.717, 1.165) is 15.4 Å². The molecule has 1 amide bonds. The highest BCUT2D eigenvalue weighted by atomic mass is 32.2. The van der Waals surface area contributed by atoms with E-state index in [0.29, 0.717) is 11.3 Å². The molecule has 1 aromatic heterocycles. The topological polar surface area (TPSA) is 91.7 Å². The SMILES string of the molecule is Cc1cccc(N(CC(=O)N/N=C\c2cccnc2)S(=O)(=O)c2ccccc2)c1C. The van der Waals surface area contributed by atoms with Gasteiger partial charge in [0.1, 0.15) is 6.54 Å². The number of carbonyl (C=O) groups excluding carboxylic acids is 1. The first-order valence-electron chi connectivity index (χ1n) is 9.25. The van der Waals surface area contributed by atoms with Crippen molar-refractivity contribution in [2.24, 2.45) is 5.10 Å². The number of amides is 1. The number of hydrazone groups is 1. The molecular formula is C22H22N4O3S. The maximum atomic E-state index is 13.3. The number of carbonyl (C=O) groups is 1. The third-order valence-electron chi connectivity index (χ3n) is 4.55. The van der Waals surface area contributed by atoms with Crippen molar-refractivity contribution in [1.82, 2.24) is 10.4 Å². The van der Waals surface area contributed by atoms with E-state index >= 15 is 0 Å². The minimum Gasteiger partial charge on any atom is -0.271 e. The van der Waals surface area contributed by atoms with Crippen molar-refractivity contribution < 1.29 is 13.2 Å². The van der Waals surface area contributed by atoms with Crippen LogP contribution in [0.2, 0.25) is 0 Å². The molecule has 0 unspecified atom stereocenters. The molecule has 0 aliphatic heterocycles. The van der Waals surface area contributed by atoms with Crippen molar-refractivity contribution in [2.45, 2.75) is 18.7 Å². The maximum Gasteiger partial charge on any atom is 0.264 e. The predicted octanol–water partition coefficient (Wildman–Crippen LogP) is 3.04. The van der Waals surface area contributed by atoms with Crippen LogP contribution in [0.4, 0.5) is 5.69 Å². The third kappa shape index (κ3) is 4.90. The Bertz CT molecular complexity index is 1150. The molecule has 3 aromatic rings. The molecule has 0 fully saturated rings. The van der Waals surface area contributed by atoms with Gasteiger partial charge in [-0.2, -0.15) is 5.10 Å². The molecular weight excluding hydrogens is 400 g/mol. The van der Waals surface area contributed by atoms with Crippen molar-refractivity contribution in [3.63, 3.8) is 0 Å². The summed E-state index contributed by atoms with van der Waals surface area (Å²) in [7, 11) is -3.96. The molecule has 0 saturated heterocycles. The van der Waals surface area contributed by atoms with E-state index in [4.69, 9.17) is 0 Å². The fourth-order valence-corrected chi connectivity index (χ4v) is 4.32. The number of pyridine rings is 1. The number of nitrogens with one attached hydrogen (secondary N) is 1. The zero-order valence-electron chi connectivity index (χ0n) is 16.7. The monoisotopic (exact) mass is 422 g/mol. The Kier molecular flexibility index (Phi) is 6.58. The third-order valence-corrected chi connectivity index (χ3v) is 6.32. The lowest BCUT2D eigenvalue weighted by Gasteiger charge is -2.26. The average Bonchev–Trinajstić information content (AvgIpc) is 2.75. The van der Waals surface area contributed by atoms with Crippen LogP contribution in [0.3, 0.4) is 0 Å². The van der Waals surface area contributed by atoms with Gasteiger partial charge in [0.2, 0.25) is 0 Å². The number of nitrogens with zero attached hydrogens (tertiary/aromatic N) is 3. The summed E-state index contributed by atoms with van der Waals surface area (Å²) < 4.78 is 27.8. The van der Waals surface area contributed by atoms with Crippen LogP contribution in [0.15, 0.2) is 83.1 Å². The van der Waals surface area contributed by atoms with Crippen LogP contribution in [-0.2, 0) is 14.8 Å². The molecule has 3 rings (SSSR count). The zero-order chi connectivity index (χ0) is 21.6. The van der Waals surface area contributed by atoms with E-state index in [1.807, 2.05) is 19.9 Å². The molecule has 1 heterocycles. The Hall–Kier alpha value is -3.52. The van der Waals surface area contributed by atoms with Crippen molar-refractivity contribution in [3.05, 3.63) is 89.7 Å². The largest absolute Gasteiger partial charge is 0.271 e. The van der Waals surface area contributed by atoms with Gasteiger partial charge in [0.15, 0.2) is 0 Å². The molecule has 0 atom stereocenters. The molecule has 0 radical (unpaired) electrons. The summed E-state index contributed by atoms with van der Waals surface area (Å²) in [6.07, 6.45) is 4.67. The molecule has 0 saturated carbocycles. The first-order valence-corrected chi connectivity index (χ1v) is 10.7. The van der Waals surface area contributed by atoms with E-state index in [2.05, 4.69) is 15.5 Å². The summed E-state index contributed by atoms with van der Waals surface area (Å²) in [5.41, 5.74) is 5.25. The second kappa shape index (κ2) is 9.32. The Morgan fingerprint density at radius 3 is 2.53 bits per heavy atom. The fraction of sp³-hybridized carbons (Fsp3) is 0.136. The quantitative estimate of drug-likeness (QED) is 0.468. The molecule has 7 nitrogen and oxygen atoms in total. The van der Waals surface area contributed by atoms with Crippen LogP contribution in [0, 0.1) is 13.8 Å². The number of sulfonamides is 1. The molecule has 0 aliphatic rings. The second-order valence-electron chi connectivity index (χ2n) is 6.62. The molecule has 8 heteroatoms. The number of aromatic nitrogens is 1. The standard InChI is InChI=1S/C22H22N4O3S/c1-17-8-6-12-21(18(17)2)26(30(28,29)20-10-4-3-5-11-20)16-22(27)25-24-15-19-9-7-13-23-14-19/h3-15H,16H2,1-2H3,(H,25,27)/b24-15-. The summed E-state index contributed by atoms with van der Waals surface area (Å²) >= 11 is 0. The van der Waals surface area contributed by atoms with Gasteiger partial charge in [0.05, 0.1) is 16.8 Å². The summed E-state index contributed by atoms with van der Waals surface area (Å²) in [6.45, 7) is 3.31. The zero-order valence-corrected chi connectivity index (χ0v) is 17.5. The molecule has 0 spiro atoms. The van der Waals surface area contributed by atoms with E-state index in [1.54, 1.807) is 54.9 Å². The number of rotatable bonds is 7. The van der Waals surface area contributed by atoms with Gasteiger partial charge in [-0.25, -0.2) is 13.8 Å². The van der Waals surface area contributed by atoms with Gasteiger partial charge in [-0.3, -0.25) is 14.1 Å². The number of benzene rings is 2. The maximum absolute atomic E-state index is 13.3. The van der Waals surface area contributed by atoms with Crippen molar-refractivity contribution in [1.29, 1.82) is 0 Å². The number of hydrogen-bond acceptors (Lipinski definition) is 5. The van der Waals surface area contributed by atoms with Crippen molar-refractivity contribution >= 4 is 27.8 Å². The Labute approximate surface area is 176 Å². The highest BCUT2D eigenvalue weighted by Gasteiger charge is 2.28. The highest BCUT2D eigenvalue weighted by molar-refractivity contribution is 7.92. The van der Waals surface area contributed by atoms with E-state index in [9.17, 15) is 13.2 Å². The van der Waals surface area contributed by atoms with Crippen LogP contribution in [0.25, 0.3) is 0 Å². The minimum atomic E-state index is -3.96. The van der Waals surface area contributed by atoms with Gasteiger partial charge in [0.25, 0.3) is 15.9 Å². The summed E-state index contributed by atoms with van der Waals surface area (Å²) in [4.78, 5) is 16.6. The fourth-order valence-electron chi connectivity index (χ4n) is 2.82. The lowest BCUT2D eigenvalue weighted by Crippen LogP contribution is -2.40. The Balaban J connectivity index is 1.89. The normalized spacial score (nSPS) is 11.4. The van der Waals surface area contributed by atoms with Crippen LogP contribution in [-0.4, -0.2) is 32.1 Å². The van der Waals surface area contributed by atoms with E-state index in [1.165, 1.54) is 18.3 Å². The Morgan fingerprint density at radius 2 is 1.83 bits per heavy atom. The smallest absolute Gasteiger partial charge is 0.264 e. The lowest BCUT2D eigenvalue weighted by atomic mass is 10.1. The summed E-state index contributed by atoms with van der Waals surface area (Å²) in [5, 5.41) is 3.90. The average molecular weight is 423 g/mol. The highest BCUT2D eigenvalue weighted by Crippen LogP contribution is 2.28. The van der Waals surface area contributed by atoms with E-state index in [-0.39, 0.29) is 4.90 Å².